The fourth-order valence-electron chi connectivity index (χ4n) is 2.01. The second-order valence-corrected chi connectivity index (χ2v) is 5.01. The molecular weight excluding hydrogens is 252 g/mol. The molecule has 0 atom stereocenters. The highest BCUT2D eigenvalue weighted by atomic mass is 16.5. The smallest absolute Gasteiger partial charge is 0.259 e. The van der Waals surface area contributed by atoms with Crippen LogP contribution in [0.2, 0.25) is 0 Å². The van der Waals surface area contributed by atoms with E-state index in [1.165, 1.54) is 11.8 Å². The summed E-state index contributed by atoms with van der Waals surface area (Å²) in [6, 6.07) is 7.87. The first kappa shape index (κ1) is 14.3. The molecule has 0 aliphatic carbocycles. The summed E-state index contributed by atoms with van der Waals surface area (Å²) in [6.45, 7) is 4.87. The Morgan fingerprint density at radius 1 is 1.30 bits per heavy atom. The van der Waals surface area contributed by atoms with E-state index in [0.29, 0.717) is 11.3 Å². The Hall–Kier alpha value is -2.10. The fourth-order valence-corrected chi connectivity index (χ4v) is 2.01. The van der Waals surface area contributed by atoms with Crippen LogP contribution in [0.1, 0.15) is 35.7 Å². The molecule has 0 radical (unpaired) electrons. The van der Waals surface area contributed by atoms with Gasteiger partial charge in [0.25, 0.3) is 5.91 Å². The zero-order valence-corrected chi connectivity index (χ0v) is 12.2. The molecule has 1 aromatic heterocycles. The highest BCUT2D eigenvalue weighted by molar-refractivity contribution is 5.99. The number of hydrogen-bond donors (Lipinski definition) is 0. The summed E-state index contributed by atoms with van der Waals surface area (Å²) in [7, 11) is 1.81. The average molecular weight is 272 g/mol. The molecule has 0 aliphatic rings. The third-order valence-electron chi connectivity index (χ3n) is 3.31. The van der Waals surface area contributed by atoms with Crippen LogP contribution in [0.15, 0.2) is 35.0 Å². The molecule has 1 amide bonds. The summed E-state index contributed by atoms with van der Waals surface area (Å²) >= 11 is 0. The first-order valence-electron chi connectivity index (χ1n) is 6.90. The van der Waals surface area contributed by atoms with Crippen LogP contribution in [-0.4, -0.2) is 29.6 Å². The van der Waals surface area contributed by atoms with Gasteiger partial charge < -0.3 is 9.42 Å². The van der Waals surface area contributed by atoms with Crippen LogP contribution in [0, 0.1) is 6.92 Å². The van der Waals surface area contributed by atoms with E-state index in [2.05, 4.69) is 12.1 Å². The minimum Gasteiger partial charge on any atom is -0.355 e. The van der Waals surface area contributed by atoms with Gasteiger partial charge in [-0.3, -0.25) is 4.79 Å². The van der Waals surface area contributed by atoms with Crippen molar-refractivity contribution in [2.75, 3.05) is 13.6 Å². The molecule has 0 spiro atoms. The van der Waals surface area contributed by atoms with Crippen LogP contribution in [-0.2, 0) is 0 Å². The lowest BCUT2D eigenvalue weighted by Crippen LogP contribution is -2.27. The van der Waals surface area contributed by atoms with Crippen molar-refractivity contribution in [1.29, 1.82) is 0 Å². The second kappa shape index (κ2) is 6.37. The van der Waals surface area contributed by atoms with Crippen molar-refractivity contribution in [2.24, 2.45) is 0 Å². The number of carbonyl (C=O) groups is 1. The topological polar surface area (TPSA) is 46.3 Å². The van der Waals surface area contributed by atoms with E-state index >= 15 is 0 Å². The van der Waals surface area contributed by atoms with E-state index in [4.69, 9.17) is 4.52 Å². The van der Waals surface area contributed by atoms with Crippen molar-refractivity contribution in [3.8, 4) is 11.3 Å². The summed E-state index contributed by atoms with van der Waals surface area (Å²) in [6.07, 6.45) is 3.55. The van der Waals surface area contributed by atoms with Gasteiger partial charge in [0.05, 0.1) is 6.20 Å². The molecule has 106 valence electrons. The van der Waals surface area contributed by atoms with E-state index in [9.17, 15) is 4.79 Å². The SMILES string of the molecule is CCCCN(C)C(=O)c1cnoc1-c1ccc(C)cc1. The van der Waals surface area contributed by atoms with Gasteiger partial charge in [-0.15, -0.1) is 0 Å². The molecule has 1 heterocycles. The number of amides is 1. The summed E-state index contributed by atoms with van der Waals surface area (Å²) < 4.78 is 5.27. The van der Waals surface area contributed by atoms with Crippen molar-refractivity contribution in [1.82, 2.24) is 10.1 Å². The zero-order chi connectivity index (χ0) is 14.5. The third kappa shape index (κ3) is 3.07. The van der Waals surface area contributed by atoms with Gasteiger partial charge in [-0.05, 0) is 13.3 Å². The number of hydrogen-bond acceptors (Lipinski definition) is 3. The van der Waals surface area contributed by atoms with Crippen LogP contribution < -0.4 is 0 Å². The van der Waals surface area contributed by atoms with Gasteiger partial charge in [0.2, 0.25) is 0 Å². The van der Waals surface area contributed by atoms with Crippen LogP contribution in [0.5, 0.6) is 0 Å². The maximum Gasteiger partial charge on any atom is 0.259 e. The van der Waals surface area contributed by atoms with E-state index in [1.54, 1.807) is 4.90 Å². The summed E-state index contributed by atoms with van der Waals surface area (Å²) in [4.78, 5) is 14.1. The van der Waals surface area contributed by atoms with E-state index in [1.807, 2.05) is 38.2 Å². The quantitative estimate of drug-likeness (QED) is 0.836. The van der Waals surface area contributed by atoms with Crippen molar-refractivity contribution in [3.05, 3.63) is 41.6 Å². The van der Waals surface area contributed by atoms with Crippen LogP contribution >= 0.6 is 0 Å². The minimum absolute atomic E-state index is 0.0460. The number of unbranched alkanes of at least 4 members (excludes halogenated alkanes) is 1. The number of benzene rings is 1. The lowest BCUT2D eigenvalue weighted by molar-refractivity contribution is 0.0793. The van der Waals surface area contributed by atoms with Crippen molar-refractivity contribution < 1.29 is 9.32 Å². The van der Waals surface area contributed by atoms with Crippen LogP contribution in [0.3, 0.4) is 0 Å². The number of carbonyl (C=O) groups excluding carboxylic acids is 1. The number of nitrogens with zero attached hydrogens (tertiary/aromatic N) is 2. The molecule has 2 aromatic rings. The number of aromatic nitrogens is 1. The highest BCUT2D eigenvalue weighted by Gasteiger charge is 2.20. The minimum atomic E-state index is -0.0460. The first-order valence-corrected chi connectivity index (χ1v) is 6.90. The third-order valence-corrected chi connectivity index (χ3v) is 3.31. The summed E-state index contributed by atoms with van der Waals surface area (Å²) in [5.74, 6) is 0.494. The molecule has 1 aromatic carbocycles. The molecule has 2 rings (SSSR count). The van der Waals surface area contributed by atoms with Crippen molar-refractivity contribution in [3.63, 3.8) is 0 Å². The Bertz CT molecular complexity index is 572. The first-order chi connectivity index (χ1) is 9.63. The monoisotopic (exact) mass is 272 g/mol. The standard InChI is InChI=1S/C16H20N2O2/c1-4-5-10-18(3)16(19)14-11-17-20-15(14)13-8-6-12(2)7-9-13/h6-9,11H,4-5,10H2,1-3H3. The normalized spacial score (nSPS) is 10.6. The summed E-state index contributed by atoms with van der Waals surface area (Å²) in [5, 5.41) is 3.78. The maximum absolute atomic E-state index is 12.4. The average Bonchev–Trinajstić information content (AvgIpc) is 2.94. The van der Waals surface area contributed by atoms with Crippen molar-refractivity contribution >= 4 is 5.91 Å². The van der Waals surface area contributed by atoms with Gasteiger partial charge in [-0.25, -0.2) is 0 Å². The van der Waals surface area contributed by atoms with Gasteiger partial charge in [0.15, 0.2) is 5.76 Å². The number of rotatable bonds is 5. The molecule has 4 nitrogen and oxygen atoms in total. The Morgan fingerprint density at radius 2 is 2.00 bits per heavy atom. The lowest BCUT2D eigenvalue weighted by atomic mass is 10.1. The Kier molecular flexibility index (Phi) is 4.56. The second-order valence-electron chi connectivity index (χ2n) is 5.01. The fraction of sp³-hybridized carbons (Fsp3) is 0.375. The van der Waals surface area contributed by atoms with Gasteiger partial charge >= 0.3 is 0 Å². The van der Waals surface area contributed by atoms with Gasteiger partial charge in [-0.1, -0.05) is 48.3 Å². The Labute approximate surface area is 119 Å². The van der Waals surface area contributed by atoms with Gasteiger partial charge in [0.1, 0.15) is 5.56 Å². The molecule has 0 unspecified atom stereocenters. The van der Waals surface area contributed by atoms with Gasteiger partial charge in [-0.2, -0.15) is 0 Å². The molecule has 0 aliphatic heterocycles. The molecule has 4 heteroatoms. The lowest BCUT2D eigenvalue weighted by Gasteiger charge is -2.16. The predicted molar refractivity (Wildman–Crippen MR) is 78.5 cm³/mol. The largest absolute Gasteiger partial charge is 0.355 e. The molecule has 0 fully saturated rings. The molecule has 0 bridgehead atoms. The highest BCUT2D eigenvalue weighted by Crippen LogP contribution is 2.24. The predicted octanol–water partition coefficient (Wildman–Crippen LogP) is 3.52. The van der Waals surface area contributed by atoms with Crippen LogP contribution in [0.25, 0.3) is 11.3 Å². The zero-order valence-electron chi connectivity index (χ0n) is 12.2. The van der Waals surface area contributed by atoms with Crippen LogP contribution in [0.4, 0.5) is 0 Å². The molecule has 20 heavy (non-hydrogen) atoms. The molecular formula is C16H20N2O2. The Morgan fingerprint density at radius 3 is 2.65 bits per heavy atom. The molecule has 0 N–H and O–H groups in total. The van der Waals surface area contributed by atoms with Gasteiger partial charge in [0, 0.05) is 19.2 Å². The van der Waals surface area contributed by atoms with E-state index in [-0.39, 0.29) is 5.91 Å². The van der Waals surface area contributed by atoms with E-state index in [0.717, 1.165) is 24.9 Å². The molecule has 0 saturated carbocycles. The van der Waals surface area contributed by atoms with Crippen molar-refractivity contribution in [2.45, 2.75) is 26.7 Å². The number of aryl methyl sites for hydroxylation is 1. The summed E-state index contributed by atoms with van der Waals surface area (Å²) in [5.41, 5.74) is 2.56. The van der Waals surface area contributed by atoms with E-state index < -0.39 is 0 Å². The maximum atomic E-state index is 12.4. The molecule has 0 saturated heterocycles. The Balaban J connectivity index is 2.24.